The van der Waals surface area contributed by atoms with Gasteiger partial charge in [0.15, 0.2) is 11.0 Å². The summed E-state index contributed by atoms with van der Waals surface area (Å²) < 4.78 is 20.5. The Morgan fingerprint density at radius 2 is 1.84 bits per heavy atom. The van der Waals surface area contributed by atoms with Gasteiger partial charge in [-0.25, -0.2) is 4.39 Å². The maximum atomic E-state index is 13.2. The van der Waals surface area contributed by atoms with Crippen LogP contribution >= 0.6 is 11.8 Å². The molecular weight excluding hydrogens is 427 g/mol. The molecule has 3 aromatic rings. The Hall–Kier alpha value is -2.87. The van der Waals surface area contributed by atoms with Crippen molar-refractivity contribution in [3.05, 3.63) is 59.9 Å². The van der Waals surface area contributed by atoms with Crippen molar-refractivity contribution in [2.75, 3.05) is 19.9 Å². The first-order valence-electron chi connectivity index (χ1n) is 10.7. The quantitative estimate of drug-likeness (QED) is 0.392. The average Bonchev–Trinajstić information content (AvgIpc) is 3.23. The zero-order valence-corrected chi connectivity index (χ0v) is 19.7. The summed E-state index contributed by atoms with van der Waals surface area (Å²) in [5.74, 6) is 1.50. The fraction of sp³-hybridized carbons (Fsp3) is 0.375. The number of halogens is 1. The number of carbonyl (C=O) groups excluding carboxylic acids is 1. The van der Waals surface area contributed by atoms with E-state index in [-0.39, 0.29) is 23.5 Å². The van der Waals surface area contributed by atoms with Crippen LogP contribution in [-0.4, -0.2) is 45.5 Å². The van der Waals surface area contributed by atoms with Crippen LogP contribution in [0, 0.1) is 5.82 Å². The number of amides is 1. The largest absolute Gasteiger partial charge is 0.497 e. The van der Waals surface area contributed by atoms with Crippen LogP contribution in [0.15, 0.2) is 53.7 Å². The number of unbranched alkanes of at least 4 members (excludes halogenated alkanes) is 1. The number of aromatic nitrogens is 3. The highest BCUT2D eigenvalue weighted by Crippen LogP contribution is 2.27. The summed E-state index contributed by atoms with van der Waals surface area (Å²) in [6, 6.07) is 13.8. The van der Waals surface area contributed by atoms with Gasteiger partial charge in [-0.15, -0.1) is 10.2 Å². The highest BCUT2D eigenvalue weighted by Gasteiger charge is 2.20. The molecule has 170 valence electrons. The van der Waals surface area contributed by atoms with Gasteiger partial charge in [0.2, 0.25) is 5.91 Å². The predicted octanol–water partition coefficient (Wildman–Crippen LogP) is 5.20. The molecule has 0 aliphatic rings. The maximum Gasteiger partial charge on any atom is 0.233 e. The van der Waals surface area contributed by atoms with Crippen LogP contribution in [0.4, 0.5) is 4.39 Å². The van der Waals surface area contributed by atoms with Gasteiger partial charge in [-0.1, -0.05) is 37.2 Å². The molecule has 1 unspecified atom stereocenters. The van der Waals surface area contributed by atoms with Crippen LogP contribution in [-0.2, 0) is 11.3 Å². The van der Waals surface area contributed by atoms with E-state index in [1.165, 1.54) is 23.9 Å². The summed E-state index contributed by atoms with van der Waals surface area (Å²) in [7, 11) is 3.40. The molecule has 6 nitrogen and oxygen atoms in total. The van der Waals surface area contributed by atoms with E-state index >= 15 is 0 Å². The van der Waals surface area contributed by atoms with E-state index in [1.54, 1.807) is 31.2 Å². The molecule has 1 aromatic heterocycles. The molecule has 0 saturated heterocycles. The van der Waals surface area contributed by atoms with Gasteiger partial charge in [-0.2, -0.15) is 0 Å². The Bertz CT molecular complexity index is 1020. The summed E-state index contributed by atoms with van der Waals surface area (Å²) in [6.45, 7) is 4.85. The molecule has 1 amide bonds. The highest BCUT2D eigenvalue weighted by atomic mass is 32.2. The lowest BCUT2D eigenvalue weighted by molar-refractivity contribution is -0.128. The molecular formula is C24H29FN4O2S. The monoisotopic (exact) mass is 456 g/mol. The Morgan fingerprint density at radius 1 is 1.16 bits per heavy atom. The number of carbonyl (C=O) groups is 1. The first kappa shape index (κ1) is 23.8. The van der Waals surface area contributed by atoms with Gasteiger partial charge >= 0.3 is 0 Å². The normalized spacial score (nSPS) is 11.9. The molecule has 0 fully saturated rings. The number of hydrogen-bond donors (Lipinski definition) is 0. The van der Waals surface area contributed by atoms with Crippen molar-refractivity contribution in [3.8, 4) is 17.1 Å². The minimum Gasteiger partial charge on any atom is -0.497 e. The number of ether oxygens (including phenoxy) is 1. The van der Waals surface area contributed by atoms with E-state index in [2.05, 4.69) is 21.7 Å². The zero-order valence-electron chi connectivity index (χ0n) is 18.9. The molecule has 32 heavy (non-hydrogen) atoms. The van der Waals surface area contributed by atoms with Crippen LogP contribution < -0.4 is 4.74 Å². The van der Waals surface area contributed by atoms with Crippen LogP contribution in [0.1, 0.15) is 38.3 Å². The number of hydrogen-bond acceptors (Lipinski definition) is 5. The Balaban J connectivity index is 1.72. The van der Waals surface area contributed by atoms with Gasteiger partial charge in [0.1, 0.15) is 11.6 Å². The molecule has 0 aliphatic heterocycles. The lowest BCUT2D eigenvalue weighted by Gasteiger charge is -2.25. The second-order valence-electron chi connectivity index (χ2n) is 7.56. The summed E-state index contributed by atoms with van der Waals surface area (Å²) >= 11 is 1.39. The molecule has 2 aromatic carbocycles. The molecule has 0 aliphatic carbocycles. The van der Waals surface area contributed by atoms with Crippen molar-refractivity contribution in [1.29, 1.82) is 0 Å². The van der Waals surface area contributed by atoms with E-state index in [4.69, 9.17) is 4.74 Å². The highest BCUT2D eigenvalue weighted by molar-refractivity contribution is 7.99. The topological polar surface area (TPSA) is 60.2 Å². The van der Waals surface area contributed by atoms with E-state index in [1.807, 2.05) is 31.2 Å². The first-order valence-corrected chi connectivity index (χ1v) is 11.6. The van der Waals surface area contributed by atoms with Gasteiger partial charge in [0.25, 0.3) is 0 Å². The van der Waals surface area contributed by atoms with Gasteiger partial charge in [0.05, 0.1) is 18.9 Å². The van der Waals surface area contributed by atoms with Gasteiger partial charge in [0, 0.05) is 19.2 Å². The summed E-state index contributed by atoms with van der Waals surface area (Å²) in [4.78, 5) is 14.5. The lowest BCUT2D eigenvalue weighted by atomic mass is 10.1. The smallest absolute Gasteiger partial charge is 0.233 e. The second-order valence-corrected chi connectivity index (χ2v) is 8.50. The van der Waals surface area contributed by atoms with Crippen LogP contribution in [0.25, 0.3) is 11.4 Å². The van der Waals surface area contributed by atoms with Crippen molar-refractivity contribution >= 4 is 17.7 Å². The molecule has 1 atom stereocenters. The first-order chi connectivity index (χ1) is 15.4. The third kappa shape index (κ3) is 5.68. The van der Waals surface area contributed by atoms with E-state index in [9.17, 15) is 9.18 Å². The number of nitrogens with zero attached hydrogens (tertiary/aromatic N) is 4. The molecule has 0 bridgehead atoms. The van der Waals surface area contributed by atoms with E-state index in [0.29, 0.717) is 0 Å². The average molecular weight is 457 g/mol. The Kier molecular flexibility index (Phi) is 8.27. The van der Waals surface area contributed by atoms with Crippen LogP contribution in [0.5, 0.6) is 5.75 Å². The fourth-order valence-electron chi connectivity index (χ4n) is 3.28. The Labute approximate surface area is 192 Å². The second kappa shape index (κ2) is 11.1. The lowest BCUT2D eigenvalue weighted by Crippen LogP contribution is -2.31. The van der Waals surface area contributed by atoms with Crippen molar-refractivity contribution < 1.29 is 13.9 Å². The molecule has 3 rings (SSSR count). The van der Waals surface area contributed by atoms with E-state index in [0.717, 1.165) is 47.2 Å². The summed E-state index contributed by atoms with van der Waals surface area (Å²) in [5, 5.41) is 9.49. The number of benzene rings is 2. The van der Waals surface area contributed by atoms with Crippen molar-refractivity contribution in [2.24, 2.45) is 0 Å². The van der Waals surface area contributed by atoms with Gasteiger partial charge < -0.3 is 14.2 Å². The molecule has 0 spiro atoms. The third-order valence-corrected chi connectivity index (χ3v) is 6.40. The van der Waals surface area contributed by atoms with Crippen molar-refractivity contribution in [3.63, 3.8) is 0 Å². The maximum absolute atomic E-state index is 13.2. The van der Waals surface area contributed by atoms with Crippen molar-refractivity contribution in [2.45, 2.75) is 44.4 Å². The molecule has 1 heterocycles. The number of methoxy groups -OCH3 is 1. The summed E-state index contributed by atoms with van der Waals surface area (Å²) in [5.41, 5.74) is 1.84. The molecule has 0 saturated carbocycles. The predicted molar refractivity (Wildman–Crippen MR) is 125 cm³/mol. The van der Waals surface area contributed by atoms with E-state index < -0.39 is 0 Å². The molecule has 0 radical (unpaired) electrons. The molecule has 0 N–H and O–H groups in total. The van der Waals surface area contributed by atoms with Crippen LogP contribution in [0.2, 0.25) is 0 Å². The van der Waals surface area contributed by atoms with Gasteiger partial charge in [-0.05, 0) is 55.3 Å². The van der Waals surface area contributed by atoms with Gasteiger partial charge in [-0.3, -0.25) is 4.79 Å². The Morgan fingerprint density at radius 3 is 2.47 bits per heavy atom. The van der Waals surface area contributed by atoms with Crippen LogP contribution in [0.3, 0.4) is 0 Å². The number of rotatable bonds is 10. The molecule has 8 heteroatoms. The van der Waals surface area contributed by atoms with Crippen molar-refractivity contribution in [1.82, 2.24) is 19.7 Å². The minimum atomic E-state index is -0.287. The summed E-state index contributed by atoms with van der Waals surface area (Å²) in [6.07, 6.45) is 2.03. The fourth-order valence-corrected chi connectivity index (χ4v) is 4.16. The zero-order chi connectivity index (χ0) is 23.1. The number of thioether (sulfide) groups is 1. The minimum absolute atomic E-state index is 0.0251. The standard InChI is InChI=1S/C24H29FN4O2S/c1-5-6-15-29-23(19-9-13-21(31-4)14-10-19)26-27-24(29)32-16-22(30)28(3)17(2)18-7-11-20(25)12-8-18/h7-14,17H,5-6,15-16H2,1-4H3. The third-order valence-electron chi connectivity index (χ3n) is 5.45. The SMILES string of the molecule is CCCCn1c(SCC(=O)N(C)C(C)c2ccc(F)cc2)nnc1-c1ccc(OC)cc1.